The number of hydrogen-bond donors (Lipinski definition) is 1. The van der Waals surface area contributed by atoms with Crippen molar-refractivity contribution in [2.45, 2.75) is 18.6 Å². The molecule has 2 aliphatic rings. The smallest absolute Gasteiger partial charge is 0.311 e. The van der Waals surface area contributed by atoms with E-state index in [-0.39, 0.29) is 12.0 Å². The second-order valence-electron chi connectivity index (χ2n) is 7.02. The molecule has 140 valence electrons. The van der Waals surface area contributed by atoms with Gasteiger partial charge < -0.3 is 19.3 Å². The molecule has 5 rings (SSSR count). The Balaban J connectivity index is 1.24. The summed E-state index contributed by atoms with van der Waals surface area (Å²) >= 11 is 0. The van der Waals surface area contributed by atoms with E-state index in [1.165, 1.54) is 0 Å². The molecular formula is C23H18O5. The van der Waals surface area contributed by atoms with Crippen LogP contribution in [0.4, 0.5) is 0 Å². The molecule has 1 N–H and O–H groups in total. The third kappa shape index (κ3) is 3.05. The van der Waals surface area contributed by atoms with Gasteiger partial charge in [-0.1, -0.05) is 36.4 Å². The van der Waals surface area contributed by atoms with Gasteiger partial charge in [0.2, 0.25) is 0 Å². The molecule has 5 nitrogen and oxygen atoms in total. The zero-order chi connectivity index (χ0) is 19.1. The average molecular weight is 374 g/mol. The lowest BCUT2D eigenvalue weighted by atomic mass is 10.1. The minimum Gasteiger partial charge on any atom is -0.489 e. The molecule has 0 aromatic heterocycles. The molecule has 1 aliphatic heterocycles. The molecule has 5 heteroatoms. The Kier molecular flexibility index (Phi) is 3.93. The molecule has 0 bridgehead atoms. The fourth-order valence-corrected chi connectivity index (χ4v) is 3.71. The van der Waals surface area contributed by atoms with Crippen molar-refractivity contribution in [3.05, 3.63) is 83.9 Å². The number of fused-ring (bicyclic) bond motifs is 3. The fraction of sp³-hybridized carbons (Fsp3) is 0.174. The summed E-state index contributed by atoms with van der Waals surface area (Å²) in [5.41, 5.74) is 1.95. The number of aliphatic carboxylic acids is 1. The third-order valence-electron chi connectivity index (χ3n) is 5.13. The molecule has 1 heterocycles. The monoisotopic (exact) mass is 374 g/mol. The number of ether oxygens (including phenoxy) is 3. The summed E-state index contributed by atoms with van der Waals surface area (Å²) in [4.78, 5) is 11.1. The summed E-state index contributed by atoms with van der Waals surface area (Å²) in [5.74, 6) is 1.74. The number of rotatable bonds is 6. The molecule has 3 aromatic carbocycles. The quantitative estimate of drug-likeness (QED) is 0.682. The number of para-hydroxylation sites is 1. The largest absolute Gasteiger partial charge is 0.489 e. The Morgan fingerprint density at radius 3 is 2.57 bits per heavy atom. The molecule has 0 radical (unpaired) electrons. The van der Waals surface area contributed by atoms with Crippen molar-refractivity contribution in [3.8, 4) is 23.0 Å². The van der Waals surface area contributed by atoms with Crippen LogP contribution in [0.5, 0.6) is 23.0 Å². The van der Waals surface area contributed by atoms with Gasteiger partial charge in [-0.05, 0) is 35.9 Å². The topological polar surface area (TPSA) is 65.0 Å². The highest BCUT2D eigenvalue weighted by Crippen LogP contribution is 2.58. The van der Waals surface area contributed by atoms with Gasteiger partial charge in [0.15, 0.2) is 0 Å². The van der Waals surface area contributed by atoms with Crippen LogP contribution in [0.3, 0.4) is 0 Å². The van der Waals surface area contributed by atoms with Gasteiger partial charge in [0.1, 0.15) is 41.6 Å². The predicted molar refractivity (Wildman–Crippen MR) is 102 cm³/mol. The maximum atomic E-state index is 11.1. The van der Waals surface area contributed by atoms with Gasteiger partial charge in [-0.15, -0.1) is 0 Å². The van der Waals surface area contributed by atoms with Gasteiger partial charge in [-0.3, -0.25) is 4.79 Å². The number of carboxylic acids is 1. The van der Waals surface area contributed by atoms with E-state index in [2.05, 4.69) is 0 Å². The van der Waals surface area contributed by atoms with E-state index < -0.39 is 11.9 Å². The molecule has 1 fully saturated rings. The van der Waals surface area contributed by atoms with Crippen LogP contribution >= 0.6 is 0 Å². The SMILES string of the molecule is O=C(O)C1C2Oc3cc(OCc4cccc(Oc5ccccc5)c4)ccc3C21. The van der Waals surface area contributed by atoms with Crippen LogP contribution in [-0.4, -0.2) is 17.2 Å². The first kappa shape index (κ1) is 16.7. The van der Waals surface area contributed by atoms with E-state index >= 15 is 0 Å². The van der Waals surface area contributed by atoms with E-state index in [4.69, 9.17) is 19.3 Å². The van der Waals surface area contributed by atoms with Crippen molar-refractivity contribution < 1.29 is 24.1 Å². The van der Waals surface area contributed by atoms with Gasteiger partial charge in [0, 0.05) is 17.5 Å². The molecule has 28 heavy (non-hydrogen) atoms. The van der Waals surface area contributed by atoms with Crippen LogP contribution in [0.15, 0.2) is 72.8 Å². The minimum atomic E-state index is -0.793. The number of carboxylic acid groups (broad SMARTS) is 1. The first-order valence-electron chi connectivity index (χ1n) is 9.17. The van der Waals surface area contributed by atoms with Crippen molar-refractivity contribution in [1.29, 1.82) is 0 Å². The van der Waals surface area contributed by atoms with Crippen LogP contribution < -0.4 is 14.2 Å². The molecule has 3 aromatic rings. The molecule has 1 aliphatic carbocycles. The van der Waals surface area contributed by atoms with E-state index in [0.717, 1.165) is 28.4 Å². The fourth-order valence-electron chi connectivity index (χ4n) is 3.71. The Bertz CT molecular complexity index is 1030. The zero-order valence-corrected chi connectivity index (χ0v) is 14.9. The summed E-state index contributed by atoms with van der Waals surface area (Å²) < 4.78 is 17.5. The lowest BCUT2D eigenvalue weighted by Crippen LogP contribution is -2.08. The van der Waals surface area contributed by atoms with Crippen molar-refractivity contribution in [3.63, 3.8) is 0 Å². The summed E-state index contributed by atoms with van der Waals surface area (Å²) in [6.45, 7) is 0.398. The number of hydrogen-bond acceptors (Lipinski definition) is 4. The maximum Gasteiger partial charge on any atom is 0.311 e. The van der Waals surface area contributed by atoms with Gasteiger partial charge >= 0.3 is 5.97 Å². The highest BCUT2D eigenvalue weighted by atomic mass is 16.5. The minimum absolute atomic E-state index is 0.0200. The van der Waals surface area contributed by atoms with Gasteiger partial charge in [-0.25, -0.2) is 0 Å². The highest BCUT2D eigenvalue weighted by Gasteiger charge is 2.63. The molecule has 3 atom stereocenters. The molecule has 0 spiro atoms. The molecule has 0 saturated heterocycles. The standard InChI is InChI=1S/C23H18O5/c24-23(25)21-20-18-10-9-16(12-19(18)28-22(20)21)26-13-14-5-4-8-17(11-14)27-15-6-2-1-3-7-15/h1-12,20-22H,13H2,(H,24,25). The summed E-state index contributed by atoms with van der Waals surface area (Å²) in [7, 11) is 0. The van der Waals surface area contributed by atoms with Crippen molar-refractivity contribution in [1.82, 2.24) is 0 Å². The van der Waals surface area contributed by atoms with Gasteiger partial charge in [0.05, 0.1) is 0 Å². The van der Waals surface area contributed by atoms with Crippen molar-refractivity contribution in [2.75, 3.05) is 0 Å². The van der Waals surface area contributed by atoms with Crippen molar-refractivity contribution in [2.24, 2.45) is 5.92 Å². The second-order valence-corrected chi connectivity index (χ2v) is 7.02. The van der Waals surface area contributed by atoms with E-state index in [9.17, 15) is 4.79 Å². The van der Waals surface area contributed by atoms with E-state index in [1.807, 2.05) is 72.8 Å². The number of carbonyl (C=O) groups is 1. The Labute approximate surface area is 162 Å². The zero-order valence-electron chi connectivity index (χ0n) is 14.9. The normalized spacial score (nSPS) is 21.2. The van der Waals surface area contributed by atoms with Crippen LogP contribution in [0.1, 0.15) is 17.0 Å². The molecular weight excluding hydrogens is 356 g/mol. The summed E-state index contributed by atoms with van der Waals surface area (Å²) in [6.07, 6.45) is -0.227. The lowest BCUT2D eigenvalue weighted by Gasteiger charge is -2.11. The van der Waals surface area contributed by atoms with Gasteiger partial charge in [-0.2, -0.15) is 0 Å². The molecule has 1 saturated carbocycles. The number of benzene rings is 3. The van der Waals surface area contributed by atoms with Crippen LogP contribution in [0.2, 0.25) is 0 Å². The highest BCUT2D eigenvalue weighted by molar-refractivity contribution is 5.79. The summed E-state index contributed by atoms with van der Waals surface area (Å²) in [5, 5.41) is 9.15. The maximum absolute atomic E-state index is 11.1. The van der Waals surface area contributed by atoms with Gasteiger partial charge in [0.25, 0.3) is 0 Å². The molecule has 3 unspecified atom stereocenters. The van der Waals surface area contributed by atoms with Crippen LogP contribution in [0.25, 0.3) is 0 Å². The first-order chi connectivity index (χ1) is 13.7. The molecule has 0 amide bonds. The second kappa shape index (κ2) is 6.60. The Morgan fingerprint density at radius 2 is 1.75 bits per heavy atom. The lowest BCUT2D eigenvalue weighted by molar-refractivity contribution is -0.139. The Hall–Kier alpha value is -3.47. The van der Waals surface area contributed by atoms with E-state index in [0.29, 0.717) is 12.4 Å². The van der Waals surface area contributed by atoms with Crippen LogP contribution in [0, 0.1) is 5.92 Å². The average Bonchev–Trinajstić information content (AvgIpc) is 3.30. The van der Waals surface area contributed by atoms with Crippen molar-refractivity contribution >= 4 is 5.97 Å². The van der Waals surface area contributed by atoms with E-state index in [1.54, 1.807) is 0 Å². The summed E-state index contributed by atoms with van der Waals surface area (Å²) in [6, 6.07) is 23.0. The van der Waals surface area contributed by atoms with Crippen LogP contribution in [-0.2, 0) is 11.4 Å². The first-order valence-corrected chi connectivity index (χ1v) is 9.17. The third-order valence-corrected chi connectivity index (χ3v) is 5.13. The predicted octanol–water partition coefficient (Wildman–Crippen LogP) is 4.62. The Morgan fingerprint density at radius 1 is 0.929 bits per heavy atom.